The molecule has 0 radical (unpaired) electrons. The van der Waals surface area contributed by atoms with Crippen molar-refractivity contribution >= 4 is 0 Å². The van der Waals surface area contributed by atoms with Crippen LogP contribution in [0.2, 0.25) is 0 Å². The summed E-state index contributed by atoms with van der Waals surface area (Å²) in [6, 6.07) is 7.29. The van der Waals surface area contributed by atoms with Gasteiger partial charge in [-0.3, -0.25) is 4.90 Å². The predicted octanol–water partition coefficient (Wildman–Crippen LogP) is 1.74. The number of benzene rings is 1. The molecular weight excluding hydrogens is 202 g/mol. The summed E-state index contributed by atoms with van der Waals surface area (Å²) in [5, 5.41) is 18.6. The number of phenols is 1. The standard InChI is InChI=1S/C13H19NO2/c1-13(10-15)7-2-8-14(13)9-11-3-5-12(16)6-4-11/h3-6,15-16H,2,7-10H2,1H3. The summed E-state index contributed by atoms with van der Waals surface area (Å²) in [7, 11) is 0. The molecule has 0 aliphatic carbocycles. The molecule has 1 atom stereocenters. The first kappa shape index (κ1) is 11.4. The quantitative estimate of drug-likeness (QED) is 0.817. The third kappa shape index (κ3) is 2.20. The monoisotopic (exact) mass is 221 g/mol. The van der Waals surface area contributed by atoms with Crippen molar-refractivity contribution < 1.29 is 10.2 Å². The Kier molecular flexibility index (Phi) is 3.17. The topological polar surface area (TPSA) is 43.7 Å². The Hall–Kier alpha value is -1.06. The lowest BCUT2D eigenvalue weighted by Crippen LogP contribution is -2.43. The molecule has 0 aromatic heterocycles. The summed E-state index contributed by atoms with van der Waals surface area (Å²) >= 11 is 0. The molecule has 1 saturated heterocycles. The summed E-state index contributed by atoms with van der Waals surface area (Å²) in [4.78, 5) is 2.32. The van der Waals surface area contributed by atoms with Crippen LogP contribution in [0.15, 0.2) is 24.3 Å². The van der Waals surface area contributed by atoms with Gasteiger partial charge in [-0.15, -0.1) is 0 Å². The van der Waals surface area contributed by atoms with Crippen LogP contribution in [0.1, 0.15) is 25.3 Å². The van der Waals surface area contributed by atoms with E-state index in [9.17, 15) is 10.2 Å². The van der Waals surface area contributed by atoms with Gasteiger partial charge < -0.3 is 10.2 Å². The van der Waals surface area contributed by atoms with Crippen LogP contribution in [-0.2, 0) is 6.54 Å². The van der Waals surface area contributed by atoms with Crippen molar-refractivity contribution in [3.05, 3.63) is 29.8 Å². The Morgan fingerprint density at radius 3 is 2.62 bits per heavy atom. The van der Waals surface area contributed by atoms with E-state index >= 15 is 0 Å². The van der Waals surface area contributed by atoms with Crippen molar-refractivity contribution in [1.82, 2.24) is 4.90 Å². The molecule has 2 rings (SSSR count). The van der Waals surface area contributed by atoms with Crippen LogP contribution in [0.4, 0.5) is 0 Å². The molecule has 0 saturated carbocycles. The second-order valence-electron chi connectivity index (χ2n) is 4.85. The van der Waals surface area contributed by atoms with Crippen molar-refractivity contribution in [3.8, 4) is 5.75 Å². The van der Waals surface area contributed by atoms with Gasteiger partial charge in [0, 0.05) is 12.1 Å². The minimum absolute atomic E-state index is 0.0715. The zero-order chi connectivity index (χ0) is 11.6. The lowest BCUT2D eigenvalue weighted by molar-refractivity contribution is 0.0734. The Labute approximate surface area is 96.3 Å². The first-order valence-electron chi connectivity index (χ1n) is 5.78. The van der Waals surface area contributed by atoms with E-state index in [1.165, 1.54) is 5.56 Å². The number of rotatable bonds is 3. The van der Waals surface area contributed by atoms with E-state index in [1.807, 2.05) is 12.1 Å². The third-order valence-electron chi connectivity index (χ3n) is 3.56. The number of hydrogen-bond donors (Lipinski definition) is 2. The lowest BCUT2D eigenvalue weighted by atomic mass is 10.00. The molecule has 0 bridgehead atoms. The number of aromatic hydroxyl groups is 1. The maximum Gasteiger partial charge on any atom is 0.115 e. The van der Waals surface area contributed by atoms with Crippen LogP contribution in [-0.4, -0.2) is 33.8 Å². The van der Waals surface area contributed by atoms with Crippen molar-refractivity contribution in [3.63, 3.8) is 0 Å². The maximum atomic E-state index is 9.44. The van der Waals surface area contributed by atoms with Gasteiger partial charge in [-0.1, -0.05) is 12.1 Å². The Bertz CT molecular complexity index is 349. The molecule has 1 aromatic carbocycles. The first-order valence-corrected chi connectivity index (χ1v) is 5.78. The molecule has 0 amide bonds. The normalized spacial score (nSPS) is 26.1. The first-order chi connectivity index (χ1) is 7.64. The predicted molar refractivity (Wildman–Crippen MR) is 63.2 cm³/mol. The molecule has 0 spiro atoms. The highest BCUT2D eigenvalue weighted by atomic mass is 16.3. The fraction of sp³-hybridized carbons (Fsp3) is 0.538. The molecule has 2 N–H and O–H groups in total. The van der Waals surface area contributed by atoms with Crippen LogP contribution in [0.3, 0.4) is 0 Å². The Morgan fingerprint density at radius 2 is 2.00 bits per heavy atom. The van der Waals surface area contributed by atoms with Crippen LogP contribution in [0.25, 0.3) is 0 Å². The molecule has 88 valence electrons. The van der Waals surface area contributed by atoms with Gasteiger partial charge in [0.25, 0.3) is 0 Å². The summed E-state index contributed by atoms with van der Waals surface area (Å²) < 4.78 is 0. The molecule has 1 aromatic rings. The molecule has 16 heavy (non-hydrogen) atoms. The summed E-state index contributed by atoms with van der Waals surface area (Å²) in [6.45, 7) is 4.21. The van der Waals surface area contributed by atoms with Crippen molar-refractivity contribution in [2.75, 3.05) is 13.2 Å². The van der Waals surface area contributed by atoms with E-state index in [2.05, 4.69) is 11.8 Å². The van der Waals surface area contributed by atoms with E-state index in [1.54, 1.807) is 12.1 Å². The summed E-state index contributed by atoms with van der Waals surface area (Å²) in [5.74, 6) is 0.301. The zero-order valence-corrected chi connectivity index (χ0v) is 9.69. The molecule has 1 aliphatic rings. The molecule has 1 aliphatic heterocycles. The lowest BCUT2D eigenvalue weighted by Gasteiger charge is -2.33. The van der Waals surface area contributed by atoms with Crippen molar-refractivity contribution in [1.29, 1.82) is 0 Å². The second kappa shape index (κ2) is 4.44. The third-order valence-corrected chi connectivity index (χ3v) is 3.56. The van der Waals surface area contributed by atoms with Crippen LogP contribution >= 0.6 is 0 Å². The van der Waals surface area contributed by atoms with Gasteiger partial charge in [-0.25, -0.2) is 0 Å². The number of nitrogens with zero attached hydrogens (tertiary/aromatic N) is 1. The van der Waals surface area contributed by atoms with Crippen molar-refractivity contribution in [2.45, 2.75) is 31.8 Å². The molecular formula is C13H19NO2. The highest BCUT2D eigenvalue weighted by Gasteiger charge is 2.35. The Balaban J connectivity index is 2.07. The summed E-state index contributed by atoms with van der Waals surface area (Å²) in [5.41, 5.74) is 1.11. The Morgan fingerprint density at radius 1 is 1.31 bits per heavy atom. The van der Waals surface area contributed by atoms with Gasteiger partial charge in [0.2, 0.25) is 0 Å². The molecule has 3 nitrogen and oxygen atoms in total. The van der Waals surface area contributed by atoms with Crippen LogP contribution in [0.5, 0.6) is 5.75 Å². The zero-order valence-electron chi connectivity index (χ0n) is 9.69. The van der Waals surface area contributed by atoms with Crippen molar-refractivity contribution in [2.24, 2.45) is 0 Å². The fourth-order valence-electron chi connectivity index (χ4n) is 2.35. The van der Waals surface area contributed by atoms with Gasteiger partial charge in [0.1, 0.15) is 5.75 Å². The highest BCUT2D eigenvalue weighted by Crippen LogP contribution is 2.30. The van der Waals surface area contributed by atoms with E-state index in [0.717, 1.165) is 25.9 Å². The van der Waals surface area contributed by atoms with Gasteiger partial charge in [-0.05, 0) is 44.0 Å². The minimum Gasteiger partial charge on any atom is -0.508 e. The largest absolute Gasteiger partial charge is 0.508 e. The molecule has 1 fully saturated rings. The van der Waals surface area contributed by atoms with Gasteiger partial charge in [-0.2, -0.15) is 0 Å². The van der Waals surface area contributed by atoms with Crippen LogP contribution in [0, 0.1) is 0 Å². The van der Waals surface area contributed by atoms with E-state index in [4.69, 9.17) is 0 Å². The van der Waals surface area contributed by atoms with E-state index < -0.39 is 0 Å². The number of aliphatic hydroxyl groups is 1. The second-order valence-corrected chi connectivity index (χ2v) is 4.85. The van der Waals surface area contributed by atoms with E-state index in [0.29, 0.717) is 5.75 Å². The average molecular weight is 221 g/mol. The molecule has 1 unspecified atom stereocenters. The van der Waals surface area contributed by atoms with Gasteiger partial charge in [0.15, 0.2) is 0 Å². The number of aliphatic hydroxyl groups excluding tert-OH is 1. The molecule has 3 heteroatoms. The minimum atomic E-state index is -0.0715. The van der Waals surface area contributed by atoms with Crippen LogP contribution < -0.4 is 0 Å². The summed E-state index contributed by atoms with van der Waals surface area (Å²) in [6.07, 6.45) is 2.21. The SMILES string of the molecule is CC1(CO)CCCN1Cc1ccc(O)cc1. The molecule has 1 heterocycles. The van der Waals surface area contributed by atoms with E-state index in [-0.39, 0.29) is 12.1 Å². The number of phenolic OH excluding ortho intramolecular Hbond substituents is 1. The van der Waals surface area contributed by atoms with Gasteiger partial charge >= 0.3 is 0 Å². The van der Waals surface area contributed by atoms with Gasteiger partial charge in [0.05, 0.1) is 6.61 Å². The maximum absolute atomic E-state index is 9.44. The fourth-order valence-corrected chi connectivity index (χ4v) is 2.35. The average Bonchev–Trinajstić information content (AvgIpc) is 2.65. The highest BCUT2D eigenvalue weighted by molar-refractivity contribution is 5.26. The smallest absolute Gasteiger partial charge is 0.115 e. The number of hydrogen-bond acceptors (Lipinski definition) is 3. The number of likely N-dealkylation sites (tertiary alicyclic amines) is 1.